The van der Waals surface area contributed by atoms with E-state index in [-0.39, 0.29) is 18.1 Å². The molecule has 1 amide bonds. The lowest BCUT2D eigenvalue weighted by atomic mass is 10.1. The molecule has 6 heteroatoms. The maximum absolute atomic E-state index is 12.8. The van der Waals surface area contributed by atoms with Crippen LogP contribution in [0.4, 0.5) is 10.1 Å². The van der Waals surface area contributed by atoms with Gasteiger partial charge in [0.15, 0.2) is 0 Å². The Balaban J connectivity index is 2.12. The number of rotatable bonds is 10. The molecule has 0 unspecified atom stereocenters. The highest BCUT2D eigenvalue weighted by atomic mass is 19.1. The molecule has 1 rings (SSSR count). The molecule has 0 saturated heterocycles. The summed E-state index contributed by atoms with van der Waals surface area (Å²) in [6, 6.07) is 5.46. The lowest BCUT2D eigenvalue weighted by Crippen LogP contribution is -2.37. The molecule has 0 heterocycles. The summed E-state index contributed by atoms with van der Waals surface area (Å²) in [7, 11) is 0. The fourth-order valence-electron chi connectivity index (χ4n) is 2.13. The number of hydrogen-bond donors (Lipinski definition) is 2. The Morgan fingerprint density at radius 1 is 0.955 bits per heavy atom. The number of amides is 1. The molecule has 0 saturated carbocycles. The summed E-state index contributed by atoms with van der Waals surface area (Å²) >= 11 is 0. The third-order valence-electron chi connectivity index (χ3n) is 3.40. The van der Waals surface area contributed by atoms with E-state index in [4.69, 9.17) is 10.9 Å². The number of hydrogen-bond acceptors (Lipinski definition) is 3. The molecule has 0 aromatic heterocycles. The van der Waals surface area contributed by atoms with Crippen LogP contribution in [0, 0.1) is 5.82 Å². The number of carboxylic acids is 1. The van der Waals surface area contributed by atoms with Crippen molar-refractivity contribution in [1.82, 2.24) is 0 Å². The molecular weight excluding hydrogens is 287 g/mol. The number of anilines is 1. The molecular formula is C16H23FN2O3. The average molecular weight is 310 g/mol. The molecule has 0 spiro atoms. The Bertz CT molecular complexity index is 477. The summed E-state index contributed by atoms with van der Waals surface area (Å²) in [6.45, 7) is 0. The van der Waals surface area contributed by atoms with E-state index in [1.165, 1.54) is 24.3 Å². The SMILES string of the molecule is NN(C(=O)CCCCCCCCC(=O)O)c1ccc(F)cc1. The first kappa shape index (κ1) is 18.1. The van der Waals surface area contributed by atoms with Gasteiger partial charge in [0, 0.05) is 12.8 Å². The van der Waals surface area contributed by atoms with Crippen LogP contribution in [0.2, 0.25) is 0 Å². The van der Waals surface area contributed by atoms with E-state index in [0.29, 0.717) is 18.5 Å². The standard InChI is InChI=1S/C16H23FN2O3/c17-13-9-11-14(12-10-13)19(18)15(20)7-5-3-1-2-4-6-8-16(21)22/h9-12H,1-8,18H2,(H,21,22). The van der Waals surface area contributed by atoms with Gasteiger partial charge in [0.1, 0.15) is 5.82 Å². The van der Waals surface area contributed by atoms with Gasteiger partial charge in [-0.05, 0) is 37.1 Å². The van der Waals surface area contributed by atoms with Gasteiger partial charge in [-0.1, -0.05) is 25.7 Å². The highest BCUT2D eigenvalue weighted by Crippen LogP contribution is 2.14. The second-order valence-corrected chi connectivity index (χ2v) is 5.26. The van der Waals surface area contributed by atoms with Crippen molar-refractivity contribution in [3.8, 4) is 0 Å². The van der Waals surface area contributed by atoms with Crippen LogP contribution in [0.3, 0.4) is 0 Å². The van der Waals surface area contributed by atoms with Crippen LogP contribution >= 0.6 is 0 Å². The van der Waals surface area contributed by atoms with Gasteiger partial charge in [0.2, 0.25) is 5.91 Å². The van der Waals surface area contributed by atoms with Crippen molar-refractivity contribution < 1.29 is 19.1 Å². The molecule has 0 atom stereocenters. The fourth-order valence-corrected chi connectivity index (χ4v) is 2.13. The van der Waals surface area contributed by atoms with E-state index in [0.717, 1.165) is 37.1 Å². The summed E-state index contributed by atoms with van der Waals surface area (Å²) in [5.74, 6) is 4.38. The van der Waals surface area contributed by atoms with Gasteiger partial charge in [-0.3, -0.25) is 9.59 Å². The zero-order chi connectivity index (χ0) is 16.4. The topological polar surface area (TPSA) is 83.6 Å². The molecule has 0 radical (unpaired) electrons. The van der Waals surface area contributed by atoms with E-state index in [9.17, 15) is 14.0 Å². The van der Waals surface area contributed by atoms with Crippen LogP contribution in [-0.2, 0) is 9.59 Å². The number of halogens is 1. The second-order valence-electron chi connectivity index (χ2n) is 5.26. The first-order chi connectivity index (χ1) is 10.5. The van der Waals surface area contributed by atoms with Gasteiger partial charge in [-0.25, -0.2) is 15.2 Å². The van der Waals surface area contributed by atoms with Gasteiger partial charge in [-0.2, -0.15) is 0 Å². The normalized spacial score (nSPS) is 10.5. The smallest absolute Gasteiger partial charge is 0.303 e. The van der Waals surface area contributed by atoms with Gasteiger partial charge < -0.3 is 5.11 Å². The van der Waals surface area contributed by atoms with Crippen LogP contribution in [0.1, 0.15) is 51.4 Å². The number of aliphatic carboxylic acids is 1. The molecule has 3 N–H and O–H groups in total. The molecule has 22 heavy (non-hydrogen) atoms. The van der Waals surface area contributed by atoms with Crippen molar-refractivity contribution in [3.63, 3.8) is 0 Å². The van der Waals surface area contributed by atoms with Crippen LogP contribution in [0.5, 0.6) is 0 Å². The zero-order valence-electron chi connectivity index (χ0n) is 12.6. The summed E-state index contributed by atoms with van der Waals surface area (Å²) < 4.78 is 12.8. The molecule has 0 aliphatic carbocycles. The third-order valence-corrected chi connectivity index (χ3v) is 3.40. The Hall–Kier alpha value is -1.95. The second kappa shape index (κ2) is 9.89. The van der Waals surface area contributed by atoms with Gasteiger partial charge >= 0.3 is 5.97 Å². The van der Waals surface area contributed by atoms with Crippen LogP contribution in [0.25, 0.3) is 0 Å². The van der Waals surface area contributed by atoms with Crippen molar-refractivity contribution in [2.75, 3.05) is 5.01 Å². The number of carbonyl (C=O) groups is 2. The largest absolute Gasteiger partial charge is 0.481 e. The highest BCUT2D eigenvalue weighted by Gasteiger charge is 2.11. The number of nitrogens with two attached hydrogens (primary N) is 1. The van der Waals surface area contributed by atoms with Gasteiger partial charge in [-0.15, -0.1) is 0 Å². The van der Waals surface area contributed by atoms with Crippen molar-refractivity contribution in [1.29, 1.82) is 0 Å². The maximum Gasteiger partial charge on any atom is 0.303 e. The van der Waals surface area contributed by atoms with E-state index in [1.54, 1.807) is 0 Å². The van der Waals surface area contributed by atoms with E-state index in [2.05, 4.69) is 0 Å². The number of carboxylic acid groups (broad SMARTS) is 1. The monoisotopic (exact) mass is 310 g/mol. The Morgan fingerprint density at radius 2 is 1.45 bits per heavy atom. The molecule has 1 aromatic rings. The van der Waals surface area contributed by atoms with Gasteiger partial charge in [0.25, 0.3) is 0 Å². The van der Waals surface area contributed by atoms with Crippen molar-refractivity contribution >= 4 is 17.6 Å². The number of hydrazine groups is 1. The Labute approximate surface area is 129 Å². The first-order valence-corrected chi connectivity index (χ1v) is 7.55. The lowest BCUT2D eigenvalue weighted by Gasteiger charge is -2.16. The summed E-state index contributed by atoms with van der Waals surface area (Å²) in [5.41, 5.74) is 0.472. The van der Waals surface area contributed by atoms with Crippen molar-refractivity contribution in [3.05, 3.63) is 30.1 Å². The molecule has 0 aliphatic heterocycles. The number of benzene rings is 1. The number of unbranched alkanes of at least 4 members (excludes halogenated alkanes) is 5. The van der Waals surface area contributed by atoms with E-state index < -0.39 is 5.97 Å². The maximum atomic E-state index is 12.8. The highest BCUT2D eigenvalue weighted by molar-refractivity contribution is 5.91. The van der Waals surface area contributed by atoms with Crippen LogP contribution in [0.15, 0.2) is 24.3 Å². The van der Waals surface area contributed by atoms with Crippen LogP contribution < -0.4 is 10.9 Å². The predicted molar refractivity (Wildman–Crippen MR) is 82.6 cm³/mol. The predicted octanol–water partition coefficient (Wildman–Crippen LogP) is 3.24. The summed E-state index contributed by atoms with van der Waals surface area (Å²) in [5, 5.41) is 9.55. The van der Waals surface area contributed by atoms with Crippen molar-refractivity contribution in [2.45, 2.75) is 51.4 Å². The lowest BCUT2D eigenvalue weighted by molar-refractivity contribution is -0.137. The average Bonchev–Trinajstić information content (AvgIpc) is 2.49. The van der Waals surface area contributed by atoms with E-state index in [1.807, 2.05) is 0 Å². The first-order valence-electron chi connectivity index (χ1n) is 7.55. The zero-order valence-corrected chi connectivity index (χ0v) is 12.6. The molecule has 1 aromatic carbocycles. The molecule has 122 valence electrons. The minimum atomic E-state index is -0.755. The molecule has 0 bridgehead atoms. The van der Waals surface area contributed by atoms with Crippen molar-refractivity contribution in [2.24, 2.45) is 5.84 Å². The minimum Gasteiger partial charge on any atom is -0.481 e. The number of nitrogens with zero attached hydrogens (tertiary/aromatic N) is 1. The third kappa shape index (κ3) is 7.17. The molecule has 5 nitrogen and oxygen atoms in total. The van der Waals surface area contributed by atoms with Gasteiger partial charge in [0.05, 0.1) is 5.69 Å². The molecule has 0 aliphatic rings. The minimum absolute atomic E-state index is 0.197. The summed E-state index contributed by atoms with van der Waals surface area (Å²) in [6.07, 6.45) is 5.79. The van der Waals surface area contributed by atoms with Crippen LogP contribution in [-0.4, -0.2) is 17.0 Å². The van der Waals surface area contributed by atoms with E-state index >= 15 is 0 Å². The fraction of sp³-hybridized carbons (Fsp3) is 0.500. The Kier molecular flexibility index (Phi) is 8.14. The Morgan fingerprint density at radius 3 is 2.00 bits per heavy atom. The molecule has 0 fully saturated rings. The summed E-state index contributed by atoms with van der Waals surface area (Å²) in [4.78, 5) is 22.2. The quantitative estimate of drug-likeness (QED) is 0.301. The number of carbonyl (C=O) groups excluding carboxylic acids is 1.